The van der Waals surface area contributed by atoms with Crippen LogP contribution in [-0.2, 0) is 25.6 Å². The van der Waals surface area contributed by atoms with Gasteiger partial charge in [-0.3, -0.25) is 4.79 Å². The molecule has 0 saturated carbocycles. The molecule has 1 aliphatic heterocycles. The summed E-state index contributed by atoms with van der Waals surface area (Å²) in [5, 5.41) is 33.9. The Morgan fingerprint density at radius 2 is 1.89 bits per heavy atom. The minimum Gasteiger partial charge on any atom is -0.445 e. The summed E-state index contributed by atoms with van der Waals surface area (Å²) in [6.45, 7) is -0.871. The Morgan fingerprint density at radius 1 is 1.19 bits per heavy atom. The number of hydrogen-bond donors (Lipinski definition) is 5. The highest BCUT2D eigenvalue weighted by atomic mass is 16.7. The van der Waals surface area contributed by atoms with Crippen molar-refractivity contribution in [2.75, 3.05) is 20.3 Å². The number of amides is 2. The summed E-state index contributed by atoms with van der Waals surface area (Å²) in [6, 6.07) is 7.96. The van der Waals surface area contributed by atoms with Crippen LogP contribution >= 0.6 is 0 Å². The third-order valence-corrected chi connectivity index (χ3v) is 4.05. The Bertz CT molecular complexity index is 612. The van der Waals surface area contributed by atoms with Crippen LogP contribution in [0.3, 0.4) is 0 Å². The summed E-state index contributed by atoms with van der Waals surface area (Å²) in [4.78, 5) is 23.7. The third-order valence-electron chi connectivity index (χ3n) is 4.05. The molecule has 0 radical (unpaired) electrons. The van der Waals surface area contributed by atoms with Gasteiger partial charge in [0.2, 0.25) is 5.91 Å². The first-order valence-corrected chi connectivity index (χ1v) is 8.35. The lowest BCUT2D eigenvalue weighted by molar-refractivity contribution is -0.262. The standard InChI is InChI=1S/C17H24N2O8/c1-25-16-13(15(23)14(22)11(8-20)27-16)19-12(21)7-18-17(24)26-9-10-5-3-2-4-6-10/h2-6,11,13-16,20,22-23H,7-9H2,1H3,(H,18,24)(H,19,21)/t11-,13-,14-,15-,16-/m1/s1. The highest BCUT2D eigenvalue weighted by Crippen LogP contribution is 2.21. The number of rotatable bonds is 7. The fraction of sp³-hybridized carbons (Fsp3) is 0.529. The number of carbonyl (C=O) groups excluding carboxylic acids is 2. The number of aliphatic hydroxyl groups is 3. The number of hydrogen-bond acceptors (Lipinski definition) is 8. The van der Waals surface area contributed by atoms with E-state index in [1.165, 1.54) is 7.11 Å². The van der Waals surface area contributed by atoms with E-state index in [0.29, 0.717) is 0 Å². The van der Waals surface area contributed by atoms with Crippen LogP contribution in [0.4, 0.5) is 4.79 Å². The summed E-state index contributed by atoms with van der Waals surface area (Å²) < 4.78 is 15.3. The molecule has 2 amide bonds. The predicted molar refractivity (Wildman–Crippen MR) is 91.3 cm³/mol. The molecule has 10 heteroatoms. The minimum atomic E-state index is -1.42. The number of aliphatic hydroxyl groups excluding tert-OH is 3. The highest BCUT2D eigenvalue weighted by molar-refractivity contribution is 5.82. The first kappa shape index (κ1) is 21.1. The van der Waals surface area contributed by atoms with Crippen LogP contribution in [0.2, 0.25) is 0 Å². The molecule has 1 fully saturated rings. The van der Waals surface area contributed by atoms with Gasteiger partial charge in [-0.2, -0.15) is 0 Å². The summed E-state index contributed by atoms with van der Waals surface area (Å²) in [7, 11) is 1.29. The maximum absolute atomic E-state index is 12.0. The zero-order chi connectivity index (χ0) is 19.8. The average molecular weight is 384 g/mol. The minimum absolute atomic E-state index is 0.0595. The quantitative estimate of drug-likeness (QED) is 0.381. The molecule has 150 valence electrons. The maximum atomic E-state index is 12.0. The van der Waals surface area contributed by atoms with Crippen LogP contribution in [0.1, 0.15) is 5.56 Å². The van der Waals surface area contributed by atoms with Crippen molar-refractivity contribution in [2.24, 2.45) is 0 Å². The molecule has 0 bridgehead atoms. The number of benzene rings is 1. The van der Waals surface area contributed by atoms with Gasteiger partial charge in [0.05, 0.1) is 6.61 Å². The first-order valence-electron chi connectivity index (χ1n) is 8.35. The molecule has 27 heavy (non-hydrogen) atoms. The van der Waals surface area contributed by atoms with E-state index < -0.39 is 55.8 Å². The van der Waals surface area contributed by atoms with Crippen molar-refractivity contribution in [1.82, 2.24) is 10.6 Å². The highest BCUT2D eigenvalue weighted by Gasteiger charge is 2.45. The van der Waals surface area contributed by atoms with E-state index in [9.17, 15) is 19.8 Å². The fourth-order valence-electron chi connectivity index (χ4n) is 2.60. The van der Waals surface area contributed by atoms with Crippen molar-refractivity contribution in [3.05, 3.63) is 35.9 Å². The Balaban J connectivity index is 1.79. The predicted octanol–water partition coefficient (Wildman–Crippen LogP) is -1.52. The zero-order valence-electron chi connectivity index (χ0n) is 14.8. The van der Waals surface area contributed by atoms with E-state index in [0.717, 1.165) is 5.56 Å². The van der Waals surface area contributed by atoms with Crippen LogP contribution < -0.4 is 10.6 Å². The largest absolute Gasteiger partial charge is 0.445 e. The summed E-state index contributed by atoms with van der Waals surface area (Å²) in [6.07, 6.45) is -5.72. The van der Waals surface area contributed by atoms with Crippen molar-refractivity contribution in [3.63, 3.8) is 0 Å². The number of ether oxygens (including phenoxy) is 3. The Hall–Kier alpha value is -2.24. The molecule has 0 aromatic heterocycles. The Kier molecular flexibility index (Phi) is 7.95. The topological polar surface area (TPSA) is 147 Å². The average Bonchev–Trinajstić information content (AvgIpc) is 2.69. The lowest BCUT2D eigenvalue weighted by Crippen LogP contribution is -2.65. The molecule has 5 atom stereocenters. The summed E-state index contributed by atoms with van der Waals surface area (Å²) in [5.41, 5.74) is 0.801. The first-order chi connectivity index (χ1) is 13.0. The molecule has 0 aliphatic carbocycles. The molecular weight excluding hydrogens is 360 g/mol. The number of methoxy groups -OCH3 is 1. The second-order valence-corrected chi connectivity index (χ2v) is 5.95. The van der Waals surface area contributed by atoms with Gasteiger partial charge in [-0.15, -0.1) is 0 Å². The van der Waals surface area contributed by atoms with Crippen LogP contribution in [-0.4, -0.2) is 78.2 Å². The van der Waals surface area contributed by atoms with E-state index in [2.05, 4.69) is 10.6 Å². The molecule has 1 saturated heterocycles. The Morgan fingerprint density at radius 3 is 2.52 bits per heavy atom. The molecule has 5 N–H and O–H groups in total. The molecule has 1 aliphatic rings. The van der Waals surface area contributed by atoms with Gasteiger partial charge in [0.15, 0.2) is 6.29 Å². The van der Waals surface area contributed by atoms with E-state index in [1.807, 2.05) is 18.2 Å². The van der Waals surface area contributed by atoms with Gasteiger partial charge in [0.1, 0.15) is 37.5 Å². The summed E-state index contributed by atoms with van der Waals surface area (Å²) in [5.74, 6) is -0.643. The lowest BCUT2D eigenvalue weighted by atomic mass is 9.97. The van der Waals surface area contributed by atoms with Gasteiger partial charge in [-0.05, 0) is 5.56 Å². The molecular formula is C17H24N2O8. The molecule has 0 unspecified atom stereocenters. The van der Waals surface area contributed by atoms with Crippen LogP contribution in [0, 0.1) is 0 Å². The Labute approximate surface area is 156 Å². The normalized spacial score (nSPS) is 27.6. The van der Waals surface area contributed by atoms with Crippen LogP contribution in [0.5, 0.6) is 0 Å². The molecule has 10 nitrogen and oxygen atoms in total. The monoisotopic (exact) mass is 384 g/mol. The molecule has 0 spiro atoms. The molecule has 2 rings (SSSR count). The van der Waals surface area contributed by atoms with Crippen LogP contribution in [0.25, 0.3) is 0 Å². The smallest absolute Gasteiger partial charge is 0.407 e. The van der Waals surface area contributed by atoms with Gasteiger partial charge in [0, 0.05) is 7.11 Å². The van der Waals surface area contributed by atoms with Gasteiger partial charge in [-0.25, -0.2) is 4.79 Å². The second-order valence-electron chi connectivity index (χ2n) is 5.95. The van der Waals surface area contributed by atoms with E-state index >= 15 is 0 Å². The van der Waals surface area contributed by atoms with Crippen molar-refractivity contribution >= 4 is 12.0 Å². The molecule has 1 aromatic carbocycles. The van der Waals surface area contributed by atoms with Gasteiger partial charge in [-0.1, -0.05) is 30.3 Å². The van der Waals surface area contributed by atoms with Crippen molar-refractivity contribution < 1.29 is 39.1 Å². The second kappa shape index (κ2) is 10.2. The van der Waals surface area contributed by atoms with Crippen LogP contribution in [0.15, 0.2) is 30.3 Å². The summed E-state index contributed by atoms with van der Waals surface area (Å²) >= 11 is 0. The zero-order valence-corrected chi connectivity index (χ0v) is 14.8. The number of carbonyl (C=O) groups is 2. The fourth-order valence-corrected chi connectivity index (χ4v) is 2.60. The van der Waals surface area contributed by atoms with E-state index in [1.54, 1.807) is 12.1 Å². The number of alkyl carbamates (subject to hydrolysis) is 1. The van der Waals surface area contributed by atoms with Gasteiger partial charge < -0.3 is 40.2 Å². The van der Waals surface area contributed by atoms with Gasteiger partial charge >= 0.3 is 6.09 Å². The number of nitrogens with one attached hydrogen (secondary N) is 2. The van der Waals surface area contributed by atoms with Crippen molar-refractivity contribution in [1.29, 1.82) is 0 Å². The van der Waals surface area contributed by atoms with Crippen molar-refractivity contribution in [3.8, 4) is 0 Å². The van der Waals surface area contributed by atoms with E-state index in [-0.39, 0.29) is 6.61 Å². The van der Waals surface area contributed by atoms with Gasteiger partial charge in [0.25, 0.3) is 0 Å². The van der Waals surface area contributed by atoms with Crippen molar-refractivity contribution in [2.45, 2.75) is 37.3 Å². The van der Waals surface area contributed by atoms with E-state index in [4.69, 9.17) is 19.3 Å². The molecule has 1 heterocycles. The third kappa shape index (κ3) is 5.88. The lowest BCUT2D eigenvalue weighted by Gasteiger charge is -2.41. The SMILES string of the molecule is CO[C@@H]1O[C@H](CO)[C@@H](O)[C@H](O)[C@H]1NC(=O)CNC(=O)OCc1ccccc1. The maximum Gasteiger partial charge on any atom is 0.407 e. The molecule has 1 aromatic rings.